The van der Waals surface area contributed by atoms with E-state index in [2.05, 4.69) is 0 Å². The van der Waals surface area contributed by atoms with Gasteiger partial charge in [0, 0.05) is 12.5 Å². The lowest BCUT2D eigenvalue weighted by Crippen LogP contribution is -1.98. The highest BCUT2D eigenvalue weighted by molar-refractivity contribution is 5.35. The van der Waals surface area contributed by atoms with Gasteiger partial charge in [-0.15, -0.1) is 0 Å². The number of benzene rings is 1. The quantitative estimate of drug-likeness (QED) is 0.675. The molecular formula is C10H11FO. The van der Waals surface area contributed by atoms with Crippen molar-refractivity contribution in [2.75, 3.05) is 6.61 Å². The van der Waals surface area contributed by atoms with Crippen molar-refractivity contribution in [2.24, 2.45) is 0 Å². The Hall–Kier alpha value is -0.890. The topological polar surface area (TPSA) is 20.2 Å². The van der Waals surface area contributed by atoms with Crippen LogP contribution in [0.4, 0.5) is 4.39 Å². The van der Waals surface area contributed by atoms with E-state index in [0.717, 1.165) is 24.0 Å². The molecule has 0 aromatic heterocycles. The van der Waals surface area contributed by atoms with Gasteiger partial charge in [0.2, 0.25) is 0 Å². The van der Waals surface area contributed by atoms with Gasteiger partial charge in [-0.25, -0.2) is 4.39 Å². The molecule has 0 spiro atoms. The molecule has 2 rings (SSSR count). The Kier molecular flexibility index (Phi) is 1.85. The van der Waals surface area contributed by atoms with E-state index < -0.39 is 0 Å². The fourth-order valence-corrected chi connectivity index (χ4v) is 1.89. The van der Waals surface area contributed by atoms with Crippen LogP contribution in [0, 0.1) is 5.82 Å². The van der Waals surface area contributed by atoms with Crippen LogP contribution in [0.25, 0.3) is 0 Å². The highest BCUT2D eigenvalue weighted by atomic mass is 19.1. The molecule has 0 aliphatic heterocycles. The molecule has 1 aromatic carbocycles. The standard InChI is InChI=1S/C10H11FO/c11-10-3-1-2-8-7(6-12)4-5-9(8)10/h1-3,7,12H,4-6H2. The van der Waals surface area contributed by atoms with Crippen LogP contribution in [0.1, 0.15) is 23.5 Å². The number of hydrogen-bond donors (Lipinski definition) is 1. The van der Waals surface area contributed by atoms with Crippen molar-refractivity contribution in [1.29, 1.82) is 0 Å². The van der Waals surface area contributed by atoms with Crippen LogP contribution in [-0.2, 0) is 6.42 Å². The first-order valence-electron chi connectivity index (χ1n) is 4.21. The normalized spacial score (nSPS) is 21.0. The van der Waals surface area contributed by atoms with Gasteiger partial charge in [-0.3, -0.25) is 0 Å². The van der Waals surface area contributed by atoms with Gasteiger partial charge in [-0.2, -0.15) is 0 Å². The summed E-state index contributed by atoms with van der Waals surface area (Å²) in [5.41, 5.74) is 1.80. The van der Waals surface area contributed by atoms with Gasteiger partial charge in [0.25, 0.3) is 0 Å². The SMILES string of the molecule is OCC1CCc2c(F)cccc21. The molecule has 2 heteroatoms. The summed E-state index contributed by atoms with van der Waals surface area (Å²) in [5.74, 6) is 0.0409. The molecule has 64 valence electrons. The monoisotopic (exact) mass is 166 g/mol. The third kappa shape index (κ3) is 1.03. The minimum absolute atomic E-state index is 0.122. The van der Waals surface area contributed by atoms with Crippen molar-refractivity contribution < 1.29 is 9.50 Å². The van der Waals surface area contributed by atoms with Crippen LogP contribution in [0.15, 0.2) is 18.2 Å². The van der Waals surface area contributed by atoms with Crippen molar-refractivity contribution >= 4 is 0 Å². The average molecular weight is 166 g/mol. The van der Waals surface area contributed by atoms with Gasteiger partial charge in [0.05, 0.1) is 0 Å². The number of halogens is 1. The van der Waals surface area contributed by atoms with Crippen molar-refractivity contribution in [3.63, 3.8) is 0 Å². The summed E-state index contributed by atoms with van der Waals surface area (Å²) in [6.45, 7) is 0.135. The summed E-state index contributed by atoms with van der Waals surface area (Å²) in [7, 11) is 0. The smallest absolute Gasteiger partial charge is 0.126 e. The molecular weight excluding hydrogens is 155 g/mol. The van der Waals surface area contributed by atoms with E-state index in [1.807, 2.05) is 6.07 Å². The maximum atomic E-state index is 13.1. The highest BCUT2D eigenvalue weighted by Crippen LogP contribution is 2.33. The van der Waals surface area contributed by atoms with Gasteiger partial charge in [0.1, 0.15) is 5.82 Å². The number of aliphatic hydroxyl groups is 1. The van der Waals surface area contributed by atoms with Gasteiger partial charge >= 0.3 is 0 Å². The second kappa shape index (κ2) is 2.87. The minimum atomic E-state index is -0.122. The maximum Gasteiger partial charge on any atom is 0.126 e. The lowest BCUT2D eigenvalue weighted by atomic mass is 10.0. The fraction of sp³-hybridized carbons (Fsp3) is 0.400. The van der Waals surface area contributed by atoms with Crippen molar-refractivity contribution in [3.8, 4) is 0 Å². The zero-order valence-corrected chi connectivity index (χ0v) is 6.76. The molecule has 1 aromatic rings. The third-order valence-electron chi connectivity index (χ3n) is 2.56. The summed E-state index contributed by atoms with van der Waals surface area (Å²) in [6.07, 6.45) is 1.65. The predicted molar refractivity (Wildman–Crippen MR) is 44.5 cm³/mol. The minimum Gasteiger partial charge on any atom is -0.396 e. The van der Waals surface area contributed by atoms with Crippen LogP contribution in [0.2, 0.25) is 0 Å². The summed E-state index contributed by atoms with van der Waals surface area (Å²) >= 11 is 0. The lowest BCUT2D eigenvalue weighted by Gasteiger charge is -2.06. The molecule has 0 radical (unpaired) electrons. The van der Waals surface area contributed by atoms with Crippen LogP contribution < -0.4 is 0 Å². The second-order valence-electron chi connectivity index (χ2n) is 3.23. The summed E-state index contributed by atoms with van der Waals surface area (Å²) < 4.78 is 13.1. The number of aliphatic hydroxyl groups excluding tert-OH is 1. The molecule has 1 nitrogen and oxygen atoms in total. The fourth-order valence-electron chi connectivity index (χ4n) is 1.89. The van der Waals surface area contributed by atoms with E-state index in [4.69, 9.17) is 5.11 Å². The first-order chi connectivity index (χ1) is 5.83. The molecule has 12 heavy (non-hydrogen) atoms. The van der Waals surface area contributed by atoms with E-state index in [0.29, 0.717) is 0 Å². The van der Waals surface area contributed by atoms with Crippen LogP contribution in [0.5, 0.6) is 0 Å². The highest BCUT2D eigenvalue weighted by Gasteiger charge is 2.23. The number of rotatable bonds is 1. The first kappa shape index (κ1) is 7.74. The molecule has 1 aliphatic carbocycles. The Morgan fingerprint density at radius 2 is 2.33 bits per heavy atom. The van der Waals surface area contributed by atoms with Gasteiger partial charge in [-0.1, -0.05) is 12.1 Å². The van der Waals surface area contributed by atoms with Crippen LogP contribution in [-0.4, -0.2) is 11.7 Å². The number of hydrogen-bond acceptors (Lipinski definition) is 1. The zero-order chi connectivity index (χ0) is 8.55. The molecule has 0 fully saturated rings. The third-order valence-corrected chi connectivity index (χ3v) is 2.56. The van der Waals surface area contributed by atoms with E-state index in [1.165, 1.54) is 6.07 Å². The maximum absolute atomic E-state index is 13.1. The molecule has 0 bridgehead atoms. The van der Waals surface area contributed by atoms with Gasteiger partial charge < -0.3 is 5.11 Å². The Bertz CT molecular complexity index is 296. The molecule has 0 heterocycles. The molecule has 0 amide bonds. The lowest BCUT2D eigenvalue weighted by molar-refractivity contribution is 0.265. The van der Waals surface area contributed by atoms with E-state index >= 15 is 0 Å². The molecule has 0 saturated heterocycles. The molecule has 0 saturated carbocycles. The molecule has 1 unspecified atom stereocenters. The van der Waals surface area contributed by atoms with E-state index in [9.17, 15) is 4.39 Å². The van der Waals surface area contributed by atoms with Crippen molar-refractivity contribution in [2.45, 2.75) is 18.8 Å². The molecule has 1 atom stereocenters. The summed E-state index contributed by atoms with van der Waals surface area (Å²) in [6, 6.07) is 5.10. The summed E-state index contributed by atoms with van der Waals surface area (Å²) in [4.78, 5) is 0. The van der Waals surface area contributed by atoms with Gasteiger partial charge in [-0.05, 0) is 30.0 Å². The molecule has 1 N–H and O–H groups in total. The van der Waals surface area contributed by atoms with Crippen molar-refractivity contribution in [3.05, 3.63) is 35.1 Å². The Morgan fingerprint density at radius 1 is 1.50 bits per heavy atom. The first-order valence-corrected chi connectivity index (χ1v) is 4.21. The van der Waals surface area contributed by atoms with E-state index in [-0.39, 0.29) is 18.3 Å². The molecule has 1 aliphatic rings. The average Bonchev–Trinajstić information content (AvgIpc) is 2.49. The Labute approximate surface area is 70.8 Å². The Balaban J connectivity index is 2.46. The summed E-state index contributed by atoms with van der Waals surface area (Å²) in [5, 5.41) is 8.98. The Morgan fingerprint density at radius 3 is 3.08 bits per heavy atom. The predicted octanol–water partition coefficient (Wildman–Crippen LogP) is 1.85. The van der Waals surface area contributed by atoms with Crippen LogP contribution in [0.3, 0.4) is 0 Å². The zero-order valence-electron chi connectivity index (χ0n) is 6.76. The number of fused-ring (bicyclic) bond motifs is 1. The van der Waals surface area contributed by atoms with Crippen LogP contribution >= 0.6 is 0 Å². The largest absolute Gasteiger partial charge is 0.396 e. The second-order valence-corrected chi connectivity index (χ2v) is 3.23. The van der Waals surface area contributed by atoms with E-state index in [1.54, 1.807) is 6.07 Å². The van der Waals surface area contributed by atoms with Gasteiger partial charge in [0.15, 0.2) is 0 Å². The van der Waals surface area contributed by atoms with Crippen molar-refractivity contribution in [1.82, 2.24) is 0 Å².